The smallest absolute Gasteiger partial charge is 0.253 e. The molecule has 0 aromatic heterocycles. The van der Waals surface area contributed by atoms with Gasteiger partial charge >= 0.3 is 0 Å². The summed E-state index contributed by atoms with van der Waals surface area (Å²) >= 11 is 0. The molecular weight excluding hydrogens is 240 g/mol. The van der Waals surface area contributed by atoms with E-state index in [2.05, 4.69) is 6.58 Å². The van der Waals surface area contributed by atoms with Crippen LogP contribution in [0.5, 0.6) is 5.75 Å². The lowest BCUT2D eigenvalue weighted by molar-refractivity contribution is 0.0714. The van der Waals surface area contributed by atoms with Crippen LogP contribution in [0.4, 0.5) is 0 Å². The van der Waals surface area contributed by atoms with E-state index >= 15 is 0 Å². The van der Waals surface area contributed by atoms with Gasteiger partial charge in [-0.1, -0.05) is 12.7 Å². The Morgan fingerprint density at radius 1 is 1.37 bits per heavy atom. The zero-order chi connectivity index (χ0) is 13.7. The molecule has 0 atom stereocenters. The van der Waals surface area contributed by atoms with Crippen molar-refractivity contribution in [1.29, 1.82) is 0 Å². The highest BCUT2D eigenvalue weighted by Crippen LogP contribution is 2.16. The van der Waals surface area contributed by atoms with Crippen LogP contribution < -0.4 is 10.5 Å². The Labute approximate surface area is 113 Å². The third-order valence-electron chi connectivity index (χ3n) is 3.30. The van der Waals surface area contributed by atoms with E-state index in [1.54, 1.807) is 18.2 Å². The monoisotopic (exact) mass is 260 g/mol. The average Bonchev–Trinajstić information content (AvgIpc) is 2.46. The van der Waals surface area contributed by atoms with Crippen LogP contribution in [0.25, 0.3) is 0 Å². The van der Waals surface area contributed by atoms with E-state index in [9.17, 15) is 4.79 Å². The molecule has 102 valence electrons. The third-order valence-corrected chi connectivity index (χ3v) is 3.30. The molecular formula is C15H20N2O2. The second-order valence-electron chi connectivity index (χ2n) is 4.75. The third kappa shape index (κ3) is 3.58. The number of amides is 1. The quantitative estimate of drug-likeness (QED) is 0.840. The molecule has 1 aliphatic rings. The van der Waals surface area contributed by atoms with Crippen molar-refractivity contribution in [2.45, 2.75) is 18.9 Å². The molecule has 2 rings (SSSR count). The Hall–Kier alpha value is -1.81. The number of carbonyl (C=O) groups excluding carboxylic acids is 1. The van der Waals surface area contributed by atoms with Gasteiger partial charge in [-0.05, 0) is 37.1 Å². The van der Waals surface area contributed by atoms with Crippen molar-refractivity contribution in [3.8, 4) is 5.75 Å². The van der Waals surface area contributed by atoms with Crippen molar-refractivity contribution in [2.75, 3.05) is 19.7 Å². The molecule has 4 nitrogen and oxygen atoms in total. The number of likely N-dealkylation sites (tertiary alicyclic amines) is 1. The number of nitrogens with zero attached hydrogens (tertiary/aromatic N) is 1. The first-order valence-corrected chi connectivity index (χ1v) is 6.59. The second-order valence-corrected chi connectivity index (χ2v) is 4.75. The normalized spacial score (nSPS) is 16.2. The number of rotatable bonds is 4. The van der Waals surface area contributed by atoms with E-state index in [0.29, 0.717) is 12.2 Å². The maximum absolute atomic E-state index is 12.3. The number of nitrogens with two attached hydrogens (primary N) is 1. The van der Waals surface area contributed by atoms with Crippen LogP contribution in [-0.4, -0.2) is 36.5 Å². The van der Waals surface area contributed by atoms with Crippen LogP contribution in [0, 0.1) is 0 Å². The van der Waals surface area contributed by atoms with Crippen molar-refractivity contribution in [3.05, 3.63) is 42.5 Å². The molecule has 0 aliphatic carbocycles. The predicted molar refractivity (Wildman–Crippen MR) is 75.2 cm³/mol. The molecule has 1 aliphatic heterocycles. The van der Waals surface area contributed by atoms with Crippen molar-refractivity contribution in [3.63, 3.8) is 0 Å². The highest BCUT2D eigenvalue weighted by Gasteiger charge is 2.21. The van der Waals surface area contributed by atoms with Crippen LogP contribution in [0.1, 0.15) is 23.2 Å². The molecule has 0 unspecified atom stereocenters. The Morgan fingerprint density at radius 2 is 2.00 bits per heavy atom. The highest BCUT2D eigenvalue weighted by atomic mass is 16.5. The summed E-state index contributed by atoms with van der Waals surface area (Å²) in [7, 11) is 0. The van der Waals surface area contributed by atoms with Crippen molar-refractivity contribution in [1.82, 2.24) is 4.90 Å². The fourth-order valence-corrected chi connectivity index (χ4v) is 2.13. The average molecular weight is 260 g/mol. The molecule has 0 spiro atoms. The van der Waals surface area contributed by atoms with Crippen LogP contribution in [0.15, 0.2) is 36.9 Å². The Balaban J connectivity index is 1.97. The maximum Gasteiger partial charge on any atom is 0.253 e. The number of benzene rings is 1. The molecule has 2 N–H and O–H groups in total. The fraction of sp³-hybridized carbons (Fsp3) is 0.400. The summed E-state index contributed by atoms with van der Waals surface area (Å²) in [5.74, 6) is 0.819. The van der Waals surface area contributed by atoms with E-state index in [0.717, 1.165) is 31.7 Å². The zero-order valence-corrected chi connectivity index (χ0v) is 11.0. The van der Waals surface area contributed by atoms with Crippen molar-refractivity contribution in [2.24, 2.45) is 5.73 Å². The molecule has 1 saturated heterocycles. The lowest BCUT2D eigenvalue weighted by Crippen LogP contribution is -2.42. The molecule has 0 radical (unpaired) electrons. The minimum Gasteiger partial charge on any atom is -0.490 e. The van der Waals surface area contributed by atoms with Gasteiger partial charge in [-0.2, -0.15) is 0 Å². The van der Waals surface area contributed by atoms with Gasteiger partial charge in [0.1, 0.15) is 12.4 Å². The number of hydrogen-bond donors (Lipinski definition) is 1. The van der Waals surface area contributed by atoms with E-state index in [-0.39, 0.29) is 11.9 Å². The first-order valence-electron chi connectivity index (χ1n) is 6.59. The highest BCUT2D eigenvalue weighted by molar-refractivity contribution is 5.94. The molecule has 1 amide bonds. The van der Waals surface area contributed by atoms with Crippen LogP contribution in [0.3, 0.4) is 0 Å². The van der Waals surface area contributed by atoms with Gasteiger partial charge in [-0.3, -0.25) is 4.79 Å². The van der Waals surface area contributed by atoms with Gasteiger partial charge in [0.25, 0.3) is 5.91 Å². The molecule has 4 heteroatoms. The largest absolute Gasteiger partial charge is 0.490 e. The Bertz CT molecular complexity index is 434. The van der Waals surface area contributed by atoms with Crippen molar-refractivity contribution >= 4 is 5.91 Å². The summed E-state index contributed by atoms with van der Waals surface area (Å²) < 4.78 is 5.39. The number of hydrogen-bond acceptors (Lipinski definition) is 3. The topological polar surface area (TPSA) is 55.6 Å². The predicted octanol–water partition coefficient (Wildman–Crippen LogP) is 1.81. The lowest BCUT2D eigenvalue weighted by Gasteiger charge is -2.30. The summed E-state index contributed by atoms with van der Waals surface area (Å²) in [6.45, 7) is 5.55. The van der Waals surface area contributed by atoms with E-state index in [1.807, 2.05) is 17.0 Å². The van der Waals surface area contributed by atoms with Crippen LogP contribution in [0.2, 0.25) is 0 Å². The SMILES string of the molecule is C=CCOc1ccc(C(=O)N2CCC(N)CC2)cc1. The second kappa shape index (κ2) is 6.38. The Kier molecular flexibility index (Phi) is 4.58. The summed E-state index contributed by atoms with van der Waals surface area (Å²) in [6.07, 6.45) is 3.45. The molecule has 1 aromatic carbocycles. The Morgan fingerprint density at radius 3 is 2.58 bits per heavy atom. The van der Waals surface area contributed by atoms with E-state index in [4.69, 9.17) is 10.5 Å². The number of ether oxygens (including phenoxy) is 1. The summed E-state index contributed by atoms with van der Waals surface area (Å²) in [5.41, 5.74) is 6.54. The molecule has 1 heterocycles. The van der Waals surface area contributed by atoms with Gasteiger partial charge in [0.2, 0.25) is 0 Å². The maximum atomic E-state index is 12.3. The zero-order valence-electron chi connectivity index (χ0n) is 11.0. The van der Waals surface area contributed by atoms with Gasteiger partial charge in [0.05, 0.1) is 0 Å². The summed E-state index contributed by atoms with van der Waals surface area (Å²) in [6, 6.07) is 7.46. The summed E-state index contributed by atoms with van der Waals surface area (Å²) in [4.78, 5) is 14.1. The molecule has 19 heavy (non-hydrogen) atoms. The fourth-order valence-electron chi connectivity index (χ4n) is 2.13. The molecule has 0 saturated carbocycles. The van der Waals surface area contributed by atoms with Crippen LogP contribution >= 0.6 is 0 Å². The van der Waals surface area contributed by atoms with E-state index in [1.165, 1.54) is 0 Å². The van der Waals surface area contributed by atoms with Gasteiger partial charge in [0, 0.05) is 24.7 Å². The van der Waals surface area contributed by atoms with Gasteiger partial charge in [0.15, 0.2) is 0 Å². The minimum atomic E-state index is 0.0715. The van der Waals surface area contributed by atoms with Crippen molar-refractivity contribution < 1.29 is 9.53 Å². The van der Waals surface area contributed by atoms with Gasteiger partial charge < -0.3 is 15.4 Å². The first-order chi connectivity index (χ1) is 9.20. The van der Waals surface area contributed by atoms with E-state index < -0.39 is 0 Å². The standard InChI is InChI=1S/C15H20N2O2/c1-2-11-19-14-5-3-12(4-6-14)15(18)17-9-7-13(16)8-10-17/h2-6,13H,1,7-11,16H2. The number of piperidine rings is 1. The summed E-state index contributed by atoms with van der Waals surface area (Å²) in [5, 5.41) is 0. The van der Waals surface area contributed by atoms with Gasteiger partial charge in [-0.15, -0.1) is 0 Å². The first kappa shape index (κ1) is 13.6. The minimum absolute atomic E-state index is 0.0715. The number of carbonyl (C=O) groups is 1. The van der Waals surface area contributed by atoms with Crippen LogP contribution in [-0.2, 0) is 0 Å². The lowest BCUT2D eigenvalue weighted by atomic mass is 10.0. The molecule has 1 fully saturated rings. The molecule has 0 bridgehead atoms. The molecule has 1 aromatic rings. The van der Waals surface area contributed by atoms with Gasteiger partial charge in [-0.25, -0.2) is 0 Å².